The molecule has 0 aliphatic carbocycles. The number of aryl methyl sites for hydroxylation is 1. The molecule has 34 heavy (non-hydrogen) atoms. The van der Waals surface area contributed by atoms with Gasteiger partial charge in [0.05, 0.1) is 17.8 Å². The average molecular weight is 461 g/mol. The van der Waals surface area contributed by atoms with Gasteiger partial charge in [-0.3, -0.25) is 19.6 Å². The Morgan fingerprint density at radius 2 is 1.91 bits per heavy atom. The number of carboxylic acid groups (broad SMARTS) is 1. The molecule has 7 nitrogen and oxygen atoms in total. The van der Waals surface area contributed by atoms with E-state index in [9.17, 15) is 14.0 Å². The van der Waals surface area contributed by atoms with Crippen LogP contribution in [0.1, 0.15) is 34.7 Å². The zero-order valence-corrected chi connectivity index (χ0v) is 19.0. The molecule has 4 rings (SSSR count). The minimum absolute atomic E-state index is 0.0173. The van der Waals surface area contributed by atoms with Gasteiger partial charge in [-0.15, -0.1) is 0 Å². The number of anilines is 1. The highest BCUT2D eigenvalue weighted by Crippen LogP contribution is 2.36. The summed E-state index contributed by atoms with van der Waals surface area (Å²) < 4.78 is 13.8. The molecule has 1 amide bonds. The van der Waals surface area contributed by atoms with Gasteiger partial charge in [-0.1, -0.05) is 18.2 Å². The highest BCUT2D eigenvalue weighted by atomic mass is 19.1. The lowest BCUT2D eigenvalue weighted by molar-refractivity contribution is -0.137. The summed E-state index contributed by atoms with van der Waals surface area (Å²) in [5, 5.41) is 11.7. The fourth-order valence-corrected chi connectivity index (χ4v) is 3.94. The number of fused-ring (bicyclic) bond motifs is 1. The maximum atomic E-state index is 13.8. The molecule has 0 bridgehead atoms. The van der Waals surface area contributed by atoms with Gasteiger partial charge >= 0.3 is 5.97 Å². The number of halogens is 1. The molecular weight excluding hydrogens is 435 g/mol. The largest absolute Gasteiger partial charge is 0.481 e. The number of carboxylic acids is 1. The van der Waals surface area contributed by atoms with Crippen LogP contribution < -0.4 is 5.32 Å². The number of benzene rings is 2. The number of hydrogen-bond acceptors (Lipinski definition) is 5. The van der Waals surface area contributed by atoms with Crippen LogP contribution in [0.4, 0.5) is 15.8 Å². The van der Waals surface area contributed by atoms with Crippen molar-refractivity contribution < 1.29 is 19.1 Å². The summed E-state index contributed by atoms with van der Waals surface area (Å²) in [7, 11) is 3.99. The number of hydrogen-bond donors (Lipinski definition) is 2. The number of carbonyl (C=O) groups excluding carboxylic acids is 1. The highest BCUT2D eigenvalue weighted by Gasteiger charge is 2.35. The predicted molar refractivity (Wildman–Crippen MR) is 128 cm³/mol. The second-order valence-corrected chi connectivity index (χ2v) is 8.49. The Balaban J connectivity index is 1.74. The molecule has 2 aromatic carbocycles. The van der Waals surface area contributed by atoms with E-state index in [0.717, 1.165) is 12.1 Å². The van der Waals surface area contributed by atoms with Gasteiger partial charge in [0.25, 0.3) is 0 Å². The Morgan fingerprint density at radius 1 is 1.15 bits per heavy atom. The van der Waals surface area contributed by atoms with E-state index < -0.39 is 17.7 Å². The van der Waals surface area contributed by atoms with Crippen LogP contribution in [-0.2, 0) is 22.6 Å². The van der Waals surface area contributed by atoms with Gasteiger partial charge in [0.2, 0.25) is 5.91 Å². The van der Waals surface area contributed by atoms with Gasteiger partial charge in [0.1, 0.15) is 11.7 Å². The number of rotatable bonds is 8. The maximum Gasteiger partial charge on any atom is 0.303 e. The SMILES string of the molecule is CN(C)Cc1ccc(N=C(c2ccc(CCC(=O)O)nc2)C2C(=O)Nc3cc(F)ccc32)cc1. The smallest absolute Gasteiger partial charge is 0.303 e. The minimum Gasteiger partial charge on any atom is -0.481 e. The fourth-order valence-electron chi connectivity index (χ4n) is 3.94. The molecule has 1 aliphatic rings. The van der Waals surface area contributed by atoms with Gasteiger partial charge < -0.3 is 15.3 Å². The summed E-state index contributed by atoms with van der Waals surface area (Å²) in [5.74, 6) is -2.35. The molecule has 2 N–H and O–H groups in total. The molecular formula is C26H25FN4O3. The van der Waals surface area contributed by atoms with Crippen LogP contribution in [0.3, 0.4) is 0 Å². The molecule has 1 aromatic heterocycles. The molecule has 2 heterocycles. The van der Waals surface area contributed by atoms with Crippen LogP contribution in [0.15, 0.2) is 65.8 Å². The first-order valence-electron chi connectivity index (χ1n) is 10.9. The van der Waals surface area contributed by atoms with Crippen LogP contribution in [0, 0.1) is 5.82 Å². The first-order chi connectivity index (χ1) is 16.3. The van der Waals surface area contributed by atoms with E-state index in [1.54, 1.807) is 24.4 Å². The molecule has 0 spiro atoms. The number of aliphatic imine (C=N–C) groups is 1. The van der Waals surface area contributed by atoms with Gasteiger partial charge in [-0.25, -0.2) is 4.39 Å². The van der Waals surface area contributed by atoms with E-state index in [0.29, 0.717) is 40.3 Å². The molecule has 0 saturated heterocycles. The van der Waals surface area contributed by atoms with Crippen molar-refractivity contribution in [3.05, 3.63) is 89.0 Å². The third-order valence-corrected chi connectivity index (χ3v) is 5.52. The molecule has 1 atom stereocenters. The summed E-state index contributed by atoms with van der Waals surface area (Å²) in [5.41, 5.74) is 4.63. The Bertz CT molecular complexity index is 1240. The number of nitrogens with zero attached hydrogens (tertiary/aromatic N) is 3. The number of nitrogens with one attached hydrogen (secondary N) is 1. The Hall–Kier alpha value is -3.91. The predicted octanol–water partition coefficient (Wildman–Crippen LogP) is 4.16. The van der Waals surface area contributed by atoms with Gasteiger partial charge in [0.15, 0.2) is 0 Å². The maximum absolute atomic E-state index is 13.8. The van der Waals surface area contributed by atoms with E-state index >= 15 is 0 Å². The zero-order chi connectivity index (χ0) is 24.2. The molecule has 1 aliphatic heterocycles. The molecule has 1 unspecified atom stereocenters. The van der Waals surface area contributed by atoms with Gasteiger partial charge in [-0.2, -0.15) is 0 Å². The second-order valence-electron chi connectivity index (χ2n) is 8.49. The van der Waals surface area contributed by atoms with Crippen LogP contribution >= 0.6 is 0 Å². The normalized spacial score (nSPS) is 15.4. The summed E-state index contributed by atoms with van der Waals surface area (Å²) >= 11 is 0. The van der Waals surface area contributed by atoms with E-state index in [4.69, 9.17) is 10.1 Å². The van der Waals surface area contributed by atoms with Crippen LogP contribution in [0.25, 0.3) is 0 Å². The van der Waals surface area contributed by atoms with Crippen molar-refractivity contribution in [3.8, 4) is 0 Å². The summed E-state index contributed by atoms with van der Waals surface area (Å²) in [6.45, 7) is 0.794. The number of amides is 1. The third-order valence-electron chi connectivity index (χ3n) is 5.52. The molecule has 0 fully saturated rings. The Labute approximate surface area is 197 Å². The van der Waals surface area contributed by atoms with Crippen LogP contribution in [-0.4, -0.2) is 46.7 Å². The van der Waals surface area contributed by atoms with Crippen LogP contribution in [0.5, 0.6) is 0 Å². The van der Waals surface area contributed by atoms with Crippen LogP contribution in [0.2, 0.25) is 0 Å². The number of aliphatic carboxylic acids is 1. The number of pyridine rings is 1. The Morgan fingerprint density at radius 3 is 2.56 bits per heavy atom. The lowest BCUT2D eigenvalue weighted by atomic mass is 9.91. The lowest BCUT2D eigenvalue weighted by Crippen LogP contribution is -2.22. The zero-order valence-electron chi connectivity index (χ0n) is 19.0. The average Bonchev–Trinajstić information content (AvgIpc) is 3.11. The van der Waals surface area contributed by atoms with Crippen molar-refractivity contribution in [2.45, 2.75) is 25.3 Å². The van der Waals surface area contributed by atoms with E-state index in [2.05, 4.69) is 15.2 Å². The number of aromatic nitrogens is 1. The van der Waals surface area contributed by atoms with Gasteiger partial charge in [0, 0.05) is 36.1 Å². The van der Waals surface area contributed by atoms with Gasteiger partial charge in [-0.05, 0) is 61.6 Å². The molecule has 8 heteroatoms. The highest BCUT2D eigenvalue weighted by molar-refractivity contribution is 6.24. The van der Waals surface area contributed by atoms with Crippen molar-refractivity contribution >= 4 is 29.0 Å². The monoisotopic (exact) mass is 460 g/mol. The quantitative estimate of drug-likeness (QED) is 0.493. The molecule has 0 radical (unpaired) electrons. The lowest BCUT2D eigenvalue weighted by Gasteiger charge is -2.14. The molecule has 3 aromatic rings. The second kappa shape index (κ2) is 9.93. The first kappa shape index (κ1) is 23.3. The van der Waals surface area contributed by atoms with Crippen molar-refractivity contribution in [1.29, 1.82) is 0 Å². The third kappa shape index (κ3) is 5.35. The topological polar surface area (TPSA) is 94.9 Å². The molecule has 174 valence electrons. The minimum atomic E-state index is -0.891. The van der Waals surface area contributed by atoms with E-state index in [1.807, 2.05) is 38.4 Å². The van der Waals surface area contributed by atoms with Crippen molar-refractivity contribution in [1.82, 2.24) is 9.88 Å². The summed E-state index contributed by atoms with van der Waals surface area (Å²) in [6.07, 6.45) is 1.89. The fraction of sp³-hybridized carbons (Fsp3) is 0.231. The van der Waals surface area contributed by atoms with E-state index in [-0.39, 0.29) is 12.3 Å². The summed E-state index contributed by atoms with van der Waals surface area (Å²) in [6, 6.07) is 15.5. The van der Waals surface area contributed by atoms with Crippen molar-refractivity contribution in [3.63, 3.8) is 0 Å². The number of carbonyl (C=O) groups is 2. The van der Waals surface area contributed by atoms with E-state index in [1.165, 1.54) is 12.1 Å². The molecule has 0 saturated carbocycles. The van der Waals surface area contributed by atoms with Crippen molar-refractivity contribution in [2.24, 2.45) is 4.99 Å². The Kier molecular flexibility index (Phi) is 6.79. The first-order valence-corrected chi connectivity index (χ1v) is 10.9. The standard InChI is InChI=1S/C26H25FN4O3/c1-31(2)15-16-3-7-20(8-4-16)29-25(17-5-9-19(28-14-17)10-12-23(32)33)24-21-11-6-18(27)13-22(21)30-26(24)34/h3-9,11,13-14,24H,10,12,15H2,1-2H3,(H,30,34)(H,32,33). The summed E-state index contributed by atoms with van der Waals surface area (Å²) in [4.78, 5) is 35.1. The van der Waals surface area contributed by atoms with Crippen molar-refractivity contribution in [2.75, 3.05) is 19.4 Å².